The number of nitrogens with two attached hydrogens (primary N) is 1. The van der Waals surface area contributed by atoms with Gasteiger partial charge in [0.05, 0.1) is 12.2 Å². The maximum Gasteiger partial charge on any atom is 0.433 e. The second-order valence-corrected chi connectivity index (χ2v) is 6.98. The maximum absolute atomic E-state index is 13.1. The molecule has 1 atom stereocenters. The molecule has 1 aromatic heterocycles. The van der Waals surface area contributed by atoms with E-state index in [-0.39, 0.29) is 36.8 Å². The van der Waals surface area contributed by atoms with Gasteiger partial charge in [-0.1, -0.05) is 30.3 Å². The van der Waals surface area contributed by atoms with E-state index in [0.29, 0.717) is 6.54 Å². The molecule has 154 valence electrons. The predicted molar refractivity (Wildman–Crippen MR) is 99.1 cm³/mol. The molecule has 29 heavy (non-hydrogen) atoms. The lowest BCUT2D eigenvalue weighted by molar-refractivity contribution is -0.141. The minimum absolute atomic E-state index is 0.0313. The van der Waals surface area contributed by atoms with Crippen molar-refractivity contribution in [1.29, 1.82) is 0 Å². The smallest absolute Gasteiger partial charge is 0.326 e. The van der Waals surface area contributed by atoms with E-state index >= 15 is 0 Å². The van der Waals surface area contributed by atoms with Gasteiger partial charge in [-0.15, -0.1) is 0 Å². The average Bonchev–Trinajstić information content (AvgIpc) is 2.68. The predicted octanol–water partition coefficient (Wildman–Crippen LogP) is 3.30. The zero-order valence-electron chi connectivity index (χ0n) is 15.8. The van der Waals surface area contributed by atoms with Crippen LogP contribution in [0.2, 0.25) is 0 Å². The lowest BCUT2D eigenvalue weighted by Crippen LogP contribution is -2.55. The number of hydrogen-bond donors (Lipinski definition) is 1. The van der Waals surface area contributed by atoms with Crippen LogP contribution in [0.3, 0.4) is 0 Å². The SMILES string of the molecule is CC1CC(=O)N(Cc2cc(CN)cc(C(F)(F)F)n2)C(=O)N1Cc1ccccc1. The molecule has 3 amide bonds. The first kappa shape index (κ1) is 20.8. The molecule has 6 nitrogen and oxygen atoms in total. The highest BCUT2D eigenvalue weighted by Crippen LogP contribution is 2.29. The van der Waals surface area contributed by atoms with E-state index in [1.54, 1.807) is 6.92 Å². The summed E-state index contributed by atoms with van der Waals surface area (Å²) in [7, 11) is 0. The third-order valence-corrected chi connectivity index (χ3v) is 4.76. The number of alkyl halides is 3. The Hall–Kier alpha value is -2.94. The molecule has 1 aliphatic rings. The second kappa shape index (κ2) is 8.20. The monoisotopic (exact) mass is 406 g/mol. The number of urea groups is 1. The van der Waals surface area contributed by atoms with Crippen molar-refractivity contribution in [2.45, 2.75) is 45.2 Å². The van der Waals surface area contributed by atoms with E-state index in [0.717, 1.165) is 16.5 Å². The average molecular weight is 406 g/mol. The van der Waals surface area contributed by atoms with Crippen LogP contribution in [0.25, 0.3) is 0 Å². The summed E-state index contributed by atoms with van der Waals surface area (Å²) in [5, 5.41) is 0. The third-order valence-electron chi connectivity index (χ3n) is 4.76. The molecule has 9 heteroatoms. The van der Waals surface area contributed by atoms with Gasteiger partial charge in [-0.05, 0) is 30.2 Å². The molecule has 3 rings (SSSR count). The Kier molecular flexibility index (Phi) is 5.88. The zero-order valence-corrected chi connectivity index (χ0v) is 15.8. The van der Waals surface area contributed by atoms with Crippen molar-refractivity contribution < 1.29 is 22.8 Å². The Bertz CT molecular complexity index is 902. The van der Waals surface area contributed by atoms with Crippen molar-refractivity contribution in [3.63, 3.8) is 0 Å². The molecule has 2 aromatic rings. The molecule has 0 bridgehead atoms. The van der Waals surface area contributed by atoms with Crippen LogP contribution in [-0.4, -0.2) is 32.8 Å². The quantitative estimate of drug-likeness (QED) is 0.826. The van der Waals surface area contributed by atoms with Crippen LogP contribution in [-0.2, 0) is 30.6 Å². The van der Waals surface area contributed by atoms with E-state index in [2.05, 4.69) is 4.98 Å². The molecular formula is C20H21F3N4O2. The number of carbonyl (C=O) groups is 2. The van der Waals surface area contributed by atoms with Gasteiger partial charge in [-0.3, -0.25) is 9.69 Å². The van der Waals surface area contributed by atoms with Crippen molar-refractivity contribution in [2.75, 3.05) is 0 Å². The number of hydrogen-bond acceptors (Lipinski definition) is 4. The number of carbonyl (C=O) groups excluding carboxylic acids is 2. The van der Waals surface area contributed by atoms with E-state index in [4.69, 9.17) is 5.73 Å². The maximum atomic E-state index is 13.1. The van der Waals surface area contributed by atoms with Gasteiger partial charge >= 0.3 is 12.2 Å². The van der Waals surface area contributed by atoms with Crippen LogP contribution in [0.1, 0.15) is 35.9 Å². The third kappa shape index (κ3) is 4.73. The standard InChI is InChI=1S/C20H21F3N4O2/c1-13-7-18(28)27(19(29)26(13)11-14-5-3-2-4-6-14)12-16-8-15(10-24)9-17(25-16)20(21,22)23/h2-6,8-9,13H,7,10-12,24H2,1H3. The van der Waals surface area contributed by atoms with Crippen LogP contribution in [0.15, 0.2) is 42.5 Å². The first-order valence-electron chi connectivity index (χ1n) is 9.11. The van der Waals surface area contributed by atoms with Crippen LogP contribution in [0.5, 0.6) is 0 Å². The first-order valence-corrected chi connectivity index (χ1v) is 9.11. The molecule has 1 unspecified atom stereocenters. The van der Waals surface area contributed by atoms with Gasteiger partial charge in [-0.25, -0.2) is 9.78 Å². The molecule has 0 saturated carbocycles. The number of amides is 3. The Morgan fingerprint density at radius 1 is 1.10 bits per heavy atom. The van der Waals surface area contributed by atoms with Crippen molar-refractivity contribution in [1.82, 2.24) is 14.8 Å². The van der Waals surface area contributed by atoms with Gasteiger partial charge in [0, 0.05) is 25.6 Å². The summed E-state index contributed by atoms with van der Waals surface area (Å²) in [6.07, 6.45) is -4.56. The summed E-state index contributed by atoms with van der Waals surface area (Å²) >= 11 is 0. The Balaban J connectivity index is 1.86. The Morgan fingerprint density at radius 3 is 2.41 bits per heavy atom. The molecule has 1 fully saturated rings. The number of imide groups is 1. The normalized spacial score (nSPS) is 17.8. The number of benzene rings is 1. The van der Waals surface area contributed by atoms with Crippen molar-refractivity contribution in [2.24, 2.45) is 5.73 Å². The van der Waals surface area contributed by atoms with E-state index in [1.807, 2.05) is 30.3 Å². The molecule has 1 aromatic carbocycles. The van der Waals surface area contributed by atoms with Gasteiger partial charge in [-0.2, -0.15) is 13.2 Å². The Labute approximate surface area is 166 Å². The minimum Gasteiger partial charge on any atom is -0.326 e. The molecule has 2 heterocycles. The highest BCUT2D eigenvalue weighted by molar-refractivity contribution is 5.97. The molecule has 1 saturated heterocycles. The number of nitrogens with zero attached hydrogens (tertiary/aromatic N) is 3. The summed E-state index contributed by atoms with van der Waals surface area (Å²) in [4.78, 5) is 31.5. The summed E-state index contributed by atoms with van der Waals surface area (Å²) in [6.45, 7) is 1.62. The number of aromatic nitrogens is 1. The van der Waals surface area contributed by atoms with E-state index in [9.17, 15) is 22.8 Å². The molecule has 0 spiro atoms. The summed E-state index contributed by atoms with van der Waals surface area (Å²) < 4.78 is 39.3. The molecule has 0 aliphatic carbocycles. The number of halogens is 3. The fourth-order valence-corrected chi connectivity index (χ4v) is 3.24. The fraction of sp³-hybridized carbons (Fsp3) is 0.350. The zero-order chi connectivity index (χ0) is 21.2. The van der Waals surface area contributed by atoms with Crippen LogP contribution >= 0.6 is 0 Å². The first-order chi connectivity index (χ1) is 13.7. The topological polar surface area (TPSA) is 79.5 Å². The van der Waals surface area contributed by atoms with Gasteiger partial charge < -0.3 is 10.6 Å². The number of rotatable bonds is 5. The van der Waals surface area contributed by atoms with Crippen molar-refractivity contribution >= 4 is 11.9 Å². The van der Waals surface area contributed by atoms with Crippen molar-refractivity contribution in [3.05, 3.63) is 65.0 Å². The molecular weight excluding hydrogens is 385 g/mol. The minimum atomic E-state index is -4.65. The fourth-order valence-electron chi connectivity index (χ4n) is 3.24. The highest BCUT2D eigenvalue weighted by Gasteiger charge is 2.38. The Morgan fingerprint density at radius 2 is 1.79 bits per heavy atom. The molecule has 1 aliphatic heterocycles. The second-order valence-electron chi connectivity index (χ2n) is 6.98. The van der Waals surface area contributed by atoms with Gasteiger partial charge in [0.25, 0.3) is 0 Å². The van der Waals surface area contributed by atoms with Crippen LogP contribution in [0, 0.1) is 0 Å². The lowest BCUT2D eigenvalue weighted by Gasteiger charge is -2.38. The lowest BCUT2D eigenvalue weighted by atomic mass is 10.1. The van der Waals surface area contributed by atoms with Crippen LogP contribution < -0.4 is 5.73 Å². The van der Waals surface area contributed by atoms with Gasteiger partial charge in [0.15, 0.2) is 0 Å². The highest BCUT2D eigenvalue weighted by atomic mass is 19.4. The van der Waals surface area contributed by atoms with E-state index in [1.165, 1.54) is 11.0 Å². The van der Waals surface area contributed by atoms with E-state index < -0.39 is 23.8 Å². The van der Waals surface area contributed by atoms with Gasteiger partial charge in [0.2, 0.25) is 5.91 Å². The van der Waals surface area contributed by atoms with Crippen molar-refractivity contribution in [3.8, 4) is 0 Å². The number of pyridine rings is 1. The summed E-state index contributed by atoms with van der Waals surface area (Å²) in [5.41, 5.74) is 5.49. The van der Waals surface area contributed by atoms with Gasteiger partial charge in [0.1, 0.15) is 5.69 Å². The molecule has 0 radical (unpaired) electrons. The van der Waals surface area contributed by atoms with Crippen LogP contribution in [0.4, 0.5) is 18.0 Å². The molecule has 2 N–H and O–H groups in total. The largest absolute Gasteiger partial charge is 0.433 e. The summed E-state index contributed by atoms with van der Waals surface area (Å²) in [5.74, 6) is -0.444. The summed E-state index contributed by atoms with van der Waals surface area (Å²) in [6, 6.07) is 10.7.